The largest absolute Gasteiger partial charge is 0.416 e. The van der Waals surface area contributed by atoms with Gasteiger partial charge in [-0.3, -0.25) is 10.2 Å². The van der Waals surface area contributed by atoms with Gasteiger partial charge in [0.2, 0.25) is 0 Å². The van der Waals surface area contributed by atoms with Crippen LogP contribution in [0, 0.1) is 0 Å². The van der Waals surface area contributed by atoms with E-state index in [9.17, 15) is 18.0 Å². The number of nitrogens with zero attached hydrogens (tertiary/aromatic N) is 1. The number of alkyl halides is 3. The third-order valence-corrected chi connectivity index (χ3v) is 2.00. The van der Waals surface area contributed by atoms with Crippen molar-refractivity contribution >= 4 is 12.0 Å². The van der Waals surface area contributed by atoms with E-state index in [-0.39, 0.29) is 5.91 Å². The average Bonchev–Trinajstić information content (AvgIpc) is 2.25. The quantitative estimate of drug-likeness (QED) is 0.666. The summed E-state index contributed by atoms with van der Waals surface area (Å²) in [7, 11) is 3.31. The van der Waals surface area contributed by atoms with Gasteiger partial charge in [-0.05, 0) is 23.8 Å². The lowest BCUT2D eigenvalue weighted by Crippen LogP contribution is -2.34. The highest BCUT2D eigenvalue weighted by molar-refractivity contribution is 5.91. The van der Waals surface area contributed by atoms with E-state index in [2.05, 4.69) is 5.43 Å². The molecule has 0 fully saturated rings. The first-order chi connectivity index (χ1) is 8.29. The van der Waals surface area contributed by atoms with Crippen LogP contribution in [0.4, 0.5) is 13.2 Å². The van der Waals surface area contributed by atoms with Gasteiger partial charge < -0.3 is 0 Å². The van der Waals surface area contributed by atoms with Gasteiger partial charge in [-0.15, -0.1) is 0 Å². The summed E-state index contributed by atoms with van der Waals surface area (Å²) in [4.78, 5) is 11.2. The van der Waals surface area contributed by atoms with E-state index in [1.165, 1.54) is 29.3 Å². The van der Waals surface area contributed by atoms with Crippen LogP contribution in [0.25, 0.3) is 6.08 Å². The predicted octanol–water partition coefficient (Wildman–Crippen LogP) is 2.31. The molecule has 18 heavy (non-hydrogen) atoms. The molecule has 0 heterocycles. The number of nitrogens with one attached hydrogen (secondary N) is 1. The van der Waals surface area contributed by atoms with E-state index < -0.39 is 11.7 Å². The Balaban J connectivity index is 2.70. The second kappa shape index (κ2) is 5.68. The molecule has 1 aromatic carbocycles. The lowest BCUT2D eigenvalue weighted by Gasteiger charge is -2.09. The molecule has 1 N–H and O–H groups in total. The van der Waals surface area contributed by atoms with Gasteiger partial charge in [-0.25, -0.2) is 5.01 Å². The first-order valence-corrected chi connectivity index (χ1v) is 5.12. The molecule has 0 bridgehead atoms. The van der Waals surface area contributed by atoms with Crippen LogP contribution in [0.5, 0.6) is 0 Å². The fraction of sp³-hybridized carbons (Fsp3) is 0.250. The van der Waals surface area contributed by atoms with Crippen molar-refractivity contribution in [3.05, 3.63) is 41.5 Å². The molecule has 1 rings (SSSR count). The topological polar surface area (TPSA) is 32.3 Å². The van der Waals surface area contributed by atoms with Crippen LogP contribution in [0.2, 0.25) is 0 Å². The van der Waals surface area contributed by atoms with E-state index in [0.717, 1.165) is 12.1 Å². The summed E-state index contributed by atoms with van der Waals surface area (Å²) >= 11 is 0. The molecule has 0 saturated carbocycles. The molecule has 3 nitrogen and oxygen atoms in total. The van der Waals surface area contributed by atoms with Crippen molar-refractivity contribution in [1.82, 2.24) is 10.4 Å². The number of carbonyl (C=O) groups excluding carboxylic acids is 1. The van der Waals surface area contributed by atoms with Gasteiger partial charge in [0.05, 0.1) is 5.56 Å². The summed E-state index contributed by atoms with van der Waals surface area (Å²) in [6.45, 7) is 0. The summed E-state index contributed by atoms with van der Waals surface area (Å²) in [5.41, 5.74) is 2.29. The number of amides is 1. The smallest absolute Gasteiger partial charge is 0.286 e. The van der Waals surface area contributed by atoms with Gasteiger partial charge in [-0.2, -0.15) is 13.2 Å². The summed E-state index contributed by atoms with van der Waals surface area (Å²) < 4.78 is 36.9. The van der Waals surface area contributed by atoms with E-state index >= 15 is 0 Å². The van der Waals surface area contributed by atoms with Gasteiger partial charge in [0.25, 0.3) is 5.91 Å². The number of halogens is 3. The van der Waals surface area contributed by atoms with Crippen LogP contribution in [0.1, 0.15) is 11.1 Å². The summed E-state index contributed by atoms with van der Waals surface area (Å²) in [5.74, 6) is -0.347. The second-order valence-electron chi connectivity index (χ2n) is 3.82. The lowest BCUT2D eigenvalue weighted by atomic mass is 10.1. The van der Waals surface area contributed by atoms with Crippen LogP contribution in [-0.2, 0) is 11.0 Å². The number of hydrogen-bond acceptors (Lipinski definition) is 2. The summed E-state index contributed by atoms with van der Waals surface area (Å²) in [6.07, 6.45) is -1.65. The van der Waals surface area contributed by atoms with Crippen LogP contribution in [0.3, 0.4) is 0 Å². The van der Waals surface area contributed by atoms with E-state index in [1.54, 1.807) is 14.1 Å². The molecule has 0 aliphatic rings. The molecule has 0 unspecified atom stereocenters. The maximum Gasteiger partial charge on any atom is 0.416 e. The van der Waals surface area contributed by atoms with Crippen LogP contribution < -0.4 is 5.43 Å². The van der Waals surface area contributed by atoms with Crippen molar-refractivity contribution in [3.8, 4) is 0 Å². The SMILES string of the molecule is CN(C)NC(=O)/C=C/c1ccc(C(F)(F)F)cc1. The maximum atomic E-state index is 12.3. The number of hydrazine groups is 1. The fourth-order valence-corrected chi connectivity index (χ4v) is 1.21. The molecular weight excluding hydrogens is 245 g/mol. The summed E-state index contributed by atoms with van der Waals surface area (Å²) in [6, 6.07) is 4.57. The average molecular weight is 258 g/mol. The molecule has 0 saturated heterocycles. The molecule has 6 heteroatoms. The highest BCUT2D eigenvalue weighted by Gasteiger charge is 2.29. The minimum absolute atomic E-state index is 0.347. The first kappa shape index (κ1) is 14.2. The van der Waals surface area contributed by atoms with Gasteiger partial charge >= 0.3 is 6.18 Å². The molecular formula is C12H13F3N2O. The van der Waals surface area contributed by atoms with E-state index in [4.69, 9.17) is 0 Å². The van der Waals surface area contributed by atoms with Crippen molar-refractivity contribution in [2.45, 2.75) is 6.18 Å². The highest BCUT2D eigenvalue weighted by Crippen LogP contribution is 2.29. The Bertz CT molecular complexity index is 436. The number of carbonyl (C=O) groups is 1. The standard InChI is InChI=1S/C12H13F3N2O/c1-17(2)16-11(18)8-5-9-3-6-10(7-4-9)12(13,14)15/h3-8H,1-2H3,(H,16,18)/b8-5+. The molecule has 0 radical (unpaired) electrons. The molecule has 98 valence electrons. The predicted molar refractivity (Wildman–Crippen MR) is 62.3 cm³/mol. The van der Waals surface area contributed by atoms with Gasteiger partial charge in [0.1, 0.15) is 0 Å². The fourth-order valence-electron chi connectivity index (χ4n) is 1.21. The number of rotatable bonds is 3. The molecule has 0 spiro atoms. The summed E-state index contributed by atoms with van der Waals surface area (Å²) in [5, 5.41) is 1.47. The van der Waals surface area contributed by atoms with Crippen LogP contribution in [-0.4, -0.2) is 25.0 Å². The third-order valence-electron chi connectivity index (χ3n) is 2.00. The Hall–Kier alpha value is -1.82. The molecule has 0 atom stereocenters. The van der Waals surface area contributed by atoms with Gasteiger partial charge in [0.15, 0.2) is 0 Å². The van der Waals surface area contributed by atoms with E-state index in [1.807, 2.05) is 0 Å². The zero-order chi connectivity index (χ0) is 13.8. The Morgan fingerprint density at radius 2 is 1.78 bits per heavy atom. The van der Waals surface area contributed by atoms with E-state index in [0.29, 0.717) is 5.56 Å². The van der Waals surface area contributed by atoms with Crippen molar-refractivity contribution in [2.75, 3.05) is 14.1 Å². The number of hydrogen-bond donors (Lipinski definition) is 1. The zero-order valence-electron chi connectivity index (χ0n) is 9.95. The Morgan fingerprint density at radius 1 is 1.22 bits per heavy atom. The maximum absolute atomic E-state index is 12.3. The van der Waals surface area contributed by atoms with Crippen LogP contribution >= 0.6 is 0 Å². The molecule has 0 aliphatic heterocycles. The Labute approximate surface area is 103 Å². The van der Waals surface area contributed by atoms with Crippen molar-refractivity contribution in [2.24, 2.45) is 0 Å². The van der Waals surface area contributed by atoms with Crippen molar-refractivity contribution in [1.29, 1.82) is 0 Å². The molecule has 0 aliphatic carbocycles. The minimum atomic E-state index is -4.34. The van der Waals surface area contributed by atoms with Gasteiger partial charge in [-0.1, -0.05) is 12.1 Å². The third kappa shape index (κ3) is 4.58. The molecule has 1 amide bonds. The normalized spacial score (nSPS) is 12.1. The monoisotopic (exact) mass is 258 g/mol. The van der Waals surface area contributed by atoms with Gasteiger partial charge in [0, 0.05) is 20.2 Å². The van der Waals surface area contributed by atoms with Crippen LogP contribution in [0.15, 0.2) is 30.3 Å². The Kier molecular flexibility index (Phi) is 4.49. The minimum Gasteiger partial charge on any atom is -0.286 e. The van der Waals surface area contributed by atoms with Crippen molar-refractivity contribution in [3.63, 3.8) is 0 Å². The second-order valence-corrected chi connectivity index (χ2v) is 3.82. The lowest BCUT2D eigenvalue weighted by molar-refractivity contribution is -0.137. The molecule has 0 aromatic heterocycles. The first-order valence-electron chi connectivity index (χ1n) is 5.12. The molecule has 1 aromatic rings. The zero-order valence-corrected chi connectivity index (χ0v) is 9.95. The Morgan fingerprint density at radius 3 is 2.22 bits per heavy atom. The van der Waals surface area contributed by atoms with Crippen molar-refractivity contribution < 1.29 is 18.0 Å². The highest BCUT2D eigenvalue weighted by atomic mass is 19.4. The number of benzene rings is 1.